The van der Waals surface area contributed by atoms with Crippen LogP contribution in [0.15, 0.2) is 30.9 Å². The van der Waals surface area contributed by atoms with Crippen LogP contribution >= 0.6 is 0 Å². The zero-order chi connectivity index (χ0) is 32.9. The van der Waals surface area contributed by atoms with Crippen molar-refractivity contribution in [2.45, 2.75) is 25.3 Å². The van der Waals surface area contributed by atoms with E-state index in [0.29, 0.717) is 111 Å². The Hall–Kier alpha value is -3.48. The van der Waals surface area contributed by atoms with Crippen LogP contribution in [0.1, 0.15) is 36.4 Å². The van der Waals surface area contributed by atoms with Crippen LogP contribution in [0, 0.1) is 0 Å². The molecule has 4 heterocycles. The Balaban J connectivity index is 0.956. The van der Waals surface area contributed by atoms with Crippen molar-refractivity contribution in [3.8, 4) is 0 Å². The fourth-order valence-electron chi connectivity index (χ4n) is 4.86. The maximum Gasteiger partial charge on any atom is 0.222 e. The van der Waals surface area contributed by atoms with Gasteiger partial charge in [0.1, 0.15) is 17.8 Å². The van der Waals surface area contributed by atoms with Gasteiger partial charge in [0, 0.05) is 43.8 Å². The number of carbonyl (C=O) groups is 1. The molecular formula is C31H49N9O7. The molecule has 4 rings (SSSR count). The number of unbranched alkanes of at least 4 members (excludes halogenated alkanes) is 1. The summed E-state index contributed by atoms with van der Waals surface area (Å²) in [5.74, 6) is 1.16. The number of aromatic amines is 1. The summed E-state index contributed by atoms with van der Waals surface area (Å²) in [5, 5.41) is 5.98. The minimum atomic E-state index is -0.198. The SMILES string of the molecule is NCCOCCOCCOCCOCCOCCOCCC(=O)NCCCCN1NC(c2cnc3[nH]ccc3c2)c2c(N)ncnc21. The molecule has 1 aliphatic heterocycles. The van der Waals surface area contributed by atoms with Gasteiger partial charge < -0.3 is 50.2 Å². The molecule has 0 aliphatic carbocycles. The highest BCUT2D eigenvalue weighted by Crippen LogP contribution is 2.38. The number of pyridine rings is 1. The van der Waals surface area contributed by atoms with E-state index in [1.165, 1.54) is 6.33 Å². The highest BCUT2D eigenvalue weighted by Gasteiger charge is 2.33. The first-order valence-corrected chi connectivity index (χ1v) is 16.2. The molecule has 1 amide bonds. The third-order valence-corrected chi connectivity index (χ3v) is 7.20. The monoisotopic (exact) mass is 659 g/mol. The van der Waals surface area contributed by atoms with Crippen LogP contribution in [0.25, 0.3) is 11.0 Å². The molecular weight excluding hydrogens is 610 g/mol. The average molecular weight is 660 g/mol. The van der Waals surface area contributed by atoms with Crippen LogP contribution in [-0.4, -0.2) is 125 Å². The molecule has 16 heteroatoms. The molecule has 0 aromatic carbocycles. The molecule has 3 aromatic rings. The fourth-order valence-corrected chi connectivity index (χ4v) is 4.86. The number of hydrazine groups is 1. The molecule has 1 atom stereocenters. The Morgan fingerprint density at radius 2 is 1.49 bits per heavy atom. The Morgan fingerprint density at radius 3 is 2.15 bits per heavy atom. The van der Waals surface area contributed by atoms with E-state index in [-0.39, 0.29) is 11.9 Å². The van der Waals surface area contributed by atoms with E-state index in [1.54, 1.807) is 0 Å². The normalized spacial score (nSPS) is 14.2. The number of anilines is 2. The van der Waals surface area contributed by atoms with Gasteiger partial charge in [-0.2, -0.15) is 0 Å². The maximum absolute atomic E-state index is 12.2. The number of carbonyl (C=O) groups excluding carboxylic acids is 1. The number of rotatable bonds is 26. The van der Waals surface area contributed by atoms with Gasteiger partial charge in [0.15, 0.2) is 5.82 Å². The summed E-state index contributed by atoms with van der Waals surface area (Å²) in [4.78, 5) is 28.5. The van der Waals surface area contributed by atoms with Crippen molar-refractivity contribution in [3.05, 3.63) is 42.0 Å². The van der Waals surface area contributed by atoms with Crippen LogP contribution in [0.5, 0.6) is 0 Å². The van der Waals surface area contributed by atoms with E-state index in [4.69, 9.17) is 39.9 Å². The summed E-state index contributed by atoms with van der Waals surface area (Å²) < 4.78 is 32.5. The Labute approximate surface area is 275 Å². The van der Waals surface area contributed by atoms with E-state index >= 15 is 0 Å². The van der Waals surface area contributed by atoms with Crippen LogP contribution < -0.4 is 27.2 Å². The maximum atomic E-state index is 12.2. The summed E-state index contributed by atoms with van der Waals surface area (Å²) in [5.41, 5.74) is 17.8. The van der Waals surface area contributed by atoms with Gasteiger partial charge in [0.05, 0.1) is 90.9 Å². The number of aromatic nitrogens is 4. The highest BCUT2D eigenvalue weighted by atomic mass is 16.6. The van der Waals surface area contributed by atoms with Gasteiger partial charge >= 0.3 is 0 Å². The van der Waals surface area contributed by atoms with E-state index in [9.17, 15) is 4.79 Å². The first-order chi connectivity index (χ1) is 23.2. The first kappa shape index (κ1) is 36.4. The molecule has 0 bridgehead atoms. The van der Waals surface area contributed by atoms with Crippen molar-refractivity contribution >= 4 is 28.6 Å². The van der Waals surface area contributed by atoms with E-state index < -0.39 is 0 Å². The number of nitrogen functional groups attached to an aromatic ring is 1. The molecule has 0 radical (unpaired) electrons. The van der Waals surface area contributed by atoms with Crippen molar-refractivity contribution in [2.24, 2.45) is 5.73 Å². The van der Waals surface area contributed by atoms with Crippen LogP contribution in [0.3, 0.4) is 0 Å². The molecule has 0 fully saturated rings. The molecule has 0 saturated heterocycles. The lowest BCUT2D eigenvalue weighted by Crippen LogP contribution is -2.36. The van der Waals surface area contributed by atoms with Gasteiger partial charge in [0.25, 0.3) is 0 Å². The lowest BCUT2D eigenvalue weighted by molar-refractivity contribution is -0.122. The van der Waals surface area contributed by atoms with E-state index in [0.717, 1.165) is 40.8 Å². The Kier molecular flexibility index (Phi) is 16.6. The smallest absolute Gasteiger partial charge is 0.222 e. The second-order valence-corrected chi connectivity index (χ2v) is 10.7. The summed E-state index contributed by atoms with van der Waals surface area (Å²) in [7, 11) is 0. The number of hydrogen-bond acceptors (Lipinski definition) is 14. The van der Waals surface area contributed by atoms with Gasteiger partial charge in [-0.25, -0.2) is 20.4 Å². The number of ether oxygens (including phenoxy) is 6. The number of fused-ring (bicyclic) bond motifs is 2. The van der Waals surface area contributed by atoms with Crippen LogP contribution in [0.2, 0.25) is 0 Å². The van der Waals surface area contributed by atoms with Gasteiger partial charge in [0.2, 0.25) is 5.91 Å². The predicted octanol–water partition coefficient (Wildman–Crippen LogP) is 0.694. The lowest BCUT2D eigenvalue weighted by atomic mass is 10.0. The van der Waals surface area contributed by atoms with Crippen molar-refractivity contribution in [2.75, 3.05) is 110 Å². The van der Waals surface area contributed by atoms with Gasteiger partial charge in [-0.15, -0.1) is 0 Å². The summed E-state index contributed by atoms with van der Waals surface area (Å²) >= 11 is 0. The number of nitrogens with two attached hydrogens (primary N) is 2. The van der Waals surface area contributed by atoms with Gasteiger partial charge in [-0.3, -0.25) is 9.80 Å². The largest absolute Gasteiger partial charge is 0.383 e. The zero-order valence-corrected chi connectivity index (χ0v) is 27.0. The zero-order valence-electron chi connectivity index (χ0n) is 27.0. The van der Waals surface area contributed by atoms with E-state index in [1.807, 2.05) is 23.5 Å². The molecule has 0 saturated carbocycles. The first-order valence-electron chi connectivity index (χ1n) is 16.2. The topological polar surface area (TPSA) is 206 Å². The molecule has 47 heavy (non-hydrogen) atoms. The summed E-state index contributed by atoms with van der Waals surface area (Å²) in [6, 6.07) is 3.87. The molecule has 16 nitrogen and oxygen atoms in total. The second-order valence-electron chi connectivity index (χ2n) is 10.7. The standard InChI is InChI=1S/C31H49N9O7/c32-5-10-43-12-14-45-16-18-47-20-19-46-17-15-44-13-11-42-9-4-26(41)34-6-1-2-8-40-31-27(29(33)37-23-38-31)28(39-40)25-21-24-3-7-35-30(24)36-22-25/h3,7,21-23,28,39H,1-2,4-6,8-20,32H2,(H,34,41)(H,35,36)(H2,33,37,38). The van der Waals surface area contributed by atoms with Gasteiger partial charge in [-0.1, -0.05) is 0 Å². The lowest BCUT2D eigenvalue weighted by Gasteiger charge is -2.20. The summed E-state index contributed by atoms with van der Waals surface area (Å²) in [6.45, 7) is 7.57. The molecule has 7 N–H and O–H groups in total. The quantitative estimate of drug-likeness (QED) is 0.0753. The average Bonchev–Trinajstić information content (AvgIpc) is 3.71. The second kappa shape index (κ2) is 21.4. The van der Waals surface area contributed by atoms with Crippen LogP contribution in [-0.2, 0) is 33.2 Å². The number of hydrogen-bond donors (Lipinski definition) is 5. The predicted molar refractivity (Wildman–Crippen MR) is 176 cm³/mol. The van der Waals surface area contributed by atoms with Crippen molar-refractivity contribution in [1.29, 1.82) is 0 Å². The summed E-state index contributed by atoms with van der Waals surface area (Å²) in [6.07, 6.45) is 7.13. The highest BCUT2D eigenvalue weighted by molar-refractivity contribution is 5.77. The molecule has 0 spiro atoms. The van der Waals surface area contributed by atoms with Gasteiger partial charge in [-0.05, 0) is 30.5 Å². The van der Waals surface area contributed by atoms with Crippen molar-refractivity contribution in [1.82, 2.24) is 30.7 Å². The van der Waals surface area contributed by atoms with E-state index in [2.05, 4.69) is 36.7 Å². The van der Waals surface area contributed by atoms with Crippen LogP contribution in [0.4, 0.5) is 11.6 Å². The Morgan fingerprint density at radius 1 is 0.851 bits per heavy atom. The third-order valence-electron chi connectivity index (χ3n) is 7.20. The number of nitrogens with zero attached hydrogens (tertiary/aromatic N) is 4. The molecule has 3 aromatic heterocycles. The minimum Gasteiger partial charge on any atom is -0.383 e. The molecule has 1 unspecified atom stereocenters. The minimum absolute atomic E-state index is 0.0394. The number of nitrogens with one attached hydrogen (secondary N) is 3. The third kappa shape index (κ3) is 12.6. The molecule has 260 valence electrons. The molecule has 1 aliphatic rings. The van der Waals surface area contributed by atoms with Crippen molar-refractivity contribution in [3.63, 3.8) is 0 Å². The van der Waals surface area contributed by atoms with Crippen molar-refractivity contribution < 1.29 is 33.2 Å². The number of amides is 1. The fraction of sp³-hybridized carbons (Fsp3) is 0.613. The Bertz CT molecular complexity index is 1320. The number of H-pyrrole nitrogens is 1.